The first-order valence-electron chi connectivity index (χ1n) is 12.2. The van der Waals surface area contributed by atoms with Crippen molar-refractivity contribution in [1.82, 2.24) is 9.55 Å². The van der Waals surface area contributed by atoms with Crippen LogP contribution in [0.3, 0.4) is 0 Å². The van der Waals surface area contributed by atoms with Gasteiger partial charge in [-0.25, -0.2) is 4.98 Å². The van der Waals surface area contributed by atoms with Crippen LogP contribution in [0.15, 0.2) is 77.2 Å². The Morgan fingerprint density at radius 1 is 1.06 bits per heavy atom. The molecule has 6 heteroatoms. The molecule has 0 bridgehead atoms. The molecule has 1 N–H and O–H groups in total. The molecule has 1 fully saturated rings. The zero-order chi connectivity index (χ0) is 23.6. The fourth-order valence-corrected chi connectivity index (χ4v) is 4.69. The molecule has 178 valence electrons. The first-order valence-corrected chi connectivity index (χ1v) is 13.3. The summed E-state index contributed by atoms with van der Waals surface area (Å²) in [5.41, 5.74) is 5.56. The lowest BCUT2D eigenvalue weighted by atomic mass is 9.92. The minimum Gasteiger partial charge on any atom is -0.379 e. The van der Waals surface area contributed by atoms with Crippen LogP contribution in [0.25, 0.3) is 11.4 Å². The predicted octanol–water partition coefficient (Wildman–Crippen LogP) is 5.85. The second-order valence-electron chi connectivity index (χ2n) is 8.69. The summed E-state index contributed by atoms with van der Waals surface area (Å²) < 4.78 is 6.99. The molecule has 1 aliphatic carbocycles. The van der Waals surface area contributed by atoms with E-state index in [2.05, 4.69) is 59.9 Å². The van der Waals surface area contributed by atoms with E-state index in [-0.39, 0.29) is 5.56 Å². The number of hydrogen-bond donors (Lipinski definition) is 1. The normalized spacial score (nSPS) is 13.3. The van der Waals surface area contributed by atoms with Crippen LogP contribution in [-0.2, 0) is 23.9 Å². The number of anilines is 1. The Morgan fingerprint density at radius 2 is 1.82 bits per heavy atom. The molecule has 5 nitrogen and oxygen atoms in total. The largest absolute Gasteiger partial charge is 0.379 e. The summed E-state index contributed by atoms with van der Waals surface area (Å²) in [4.78, 5) is 18.1. The minimum absolute atomic E-state index is 0.00810. The lowest BCUT2D eigenvalue weighted by Gasteiger charge is -2.18. The van der Waals surface area contributed by atoms with E-state index in [0.29, 0.717) is 21.0 Å². The standard InChI is InChI=1S/C28H34N3O2P/c1-33-34-20-17-24-12-14-25(15-13-24)27-30-21-26(28(32)31(27)19-16-23-9-5-10-23)29-18-6-11-22-7-3-2-4-8-22/h2-4,7-8,12-16,21,29,34H,5-6,9-11,17-20H2,1H3. The van der Waals surface area contributed by atoms with E-state index in [1.54, 1.807) is 13.3 Å². The maximum absolute atomic E-state index is 13.4. The summed E-state index contributed by atoms with van der Waals surface area (Å²) in [5.74, 6) is 0.723. The van der Waals surface area contributed by atoms with Crippen molar-refractivity contribution in [2.45, 2.75) is 45.1 Å². The van der Waals surface area contributed by atoms with Gasteiger partial charge in [0.15, 0.2) is 0 Å². The molecule has 0 radical (unpaired) electrons. The number of hydrogen-bond acceptors (Lipinski definition) is 4. The molecule has 2 aromatic carbocycles. The zero-order valence-corrected chi connectivity index (χ0v) is 20.9. The molecular weight excluding hydrogens is 441 g/mol. The first-order chi connectivity index (χ1) is 16.7. The van der Waals surface area contributed by atoms with E-state index < -0.39 is 0 Å². The van der Waals surface area contributed by atoms with Crippen molar-refractivity contribution in [3.63, 3.8) is 0 Å². The van der Waals surface area contributed by atoms with E-state index in [0.717, 1.165) is 56.2 Å². The van der Waals surface area contributed by atoms with Gasteiger partial charge >= 0.3 is 0 Å². The summed E-state index contributed by atoms with van der Waals surface area (Å²) in [5, 5.41) is 3.33. The molecular formula is C28H34N3O2P. The van der Waals surface area contributed by atoms with Crippen LogP contribution >= 0.6 is 8.81 Å². The summed E-state index contributed by atoms with van der Waals surface area (Å²) in [7, 11) is 2.27. The molecule has 0 saturated heterocycles. The number of nitrogens with zero attached hydrogens (tertiary/aromatic N) is 2. The second kappa shape index (κ2) is 12.6. The fourth-order valence-electron chi connectivity index (χ4n) is 4.10. The van der Waals surface area contributed by atoms with E-state index >= 15 is 0 Å². The lowest BCUT2D eigenvalue weighted by molar-refractivity contribution is 0.475. The van der Waals surface area contributed by atoms with Gasteiger partial charge < -0.3 is 9.84 Å². The Kier molecular flexibility index (Phi) is 9.06. The summed E-state index contributed by atoms with van der Waals surface area (Å²) in [6, 6.07) is 18.9. The van der Waals surface area contributed by atoms with Crippen LogP contribution in [0.5, 0.6) is 0 Å². The number of allylic oxidation sites excluding steroid dienone is 2. The first kappa shape index (κ1) is 24.4. The van der Waals surface area contributed by atoms with E-state index in [1.165, 1.54) is 23.1 Å². The van der Waals surface area contributed by atoms with Crippen LogP contribution in [-0.4, -0.2) is 29.4 Å². The van der Waals surface area contributed by atoms with Crippen LogP contribution in [0.2, 0.25) is 0 Å². The van der Waals surface area contributed by atoms with Gasteiger partial charge in [-0.2, -0.15) is 0 Å². The third kappa shape index (κ3) is 6.65. The Bertz CT molecular complexity index is 1130. The highest BCUT2D eigenvalue weighted by Gasteiger charge is 2.13. The number of aromatic nitrogens is 2. The minimum atomic E-state index is -0.00810. The zero-order valence-electron chi connectivity index (χ0n) is 19.9. The molecule has 1 atom stereocenters. The quantitative estimate of drug-likeness (QED) is 0.203. The van der Waals surface area contributed by atoms with Crippen molar-refractivity contribution in [3.8, 4) is 11.4 Å². The molecule has 1 aliphatic rings. The van der Waals surface area contributed by atoms with Gasteiger partial charge in [0.1, 0.15) is 11.5 Å². The summed E-state index contributed by atoms with van der Waals surface area (Å²) in [6.07, 6.45) is 11.4. The highest BCUT2D eigenvalue weighted by atomic mass is 31.1. The average molecular weight is 476 g/mol. The number of rotatable bonds is 12. The van der Waals surface area contributed by atoms with Crippen molar-refractivity contribution in [3.05, 3.63) is 93.9 Å². The van der Waals surface area contributed by atoms with Gasteiger partial charge in [0.05, 0.1) is 6.20 Å². The van der Waals surface area contributed by atoms with E-state index in [1.807, 2.05) is 10.6 Å². The predicted molar refractivity (Wildman–Crippen MR) is 143 cm³/mol. The maximum atomic E-state index is 13.4. The van der Waals surface area contributed by atoms with Gasteiger partial charge in [-0.05, 0) is 55.8 Å². The molecule has 0 aliphatic heterocycles. The van der Waals surface area contributed by atoms with E-state index in [4.69, 9.17) is 9.51 Å². The van der Waals surface area contributed by atoms with Crippen molar-refractivity contribution >= 4 is 14.5 Å². The molecule has 1 unspecified atom stereocenters. The number of nitrogens with one attached hydrogen (secondary N) is 1. The monoisotopic (exact) mass is 475 g/mol. The van der Waals surface area contributed by atoms with Crippen molar-refractivity contribution in [2.24, 2.45) is 0 Å². The third-order valence-corrected chi connectivity index (χ3v) is 7.02. The van der Waals surface area contributed by atoms with Crippen LogP contribution < -0.4 is 10.9 Å². The molecule has 4 rings (SSSR count). The molecule has 1 heterocycles. The van der Waals surface area contributed by atoms with Gasteiger partial charge in [-0.1, -0.05) is 66.2 Å². The van der Waals surface area contributed by atoms with Gasteiger partial charge in [-0.3, -0.25) is 9.36 Å². The molecule has 0 amide bonds. The number of aryl methyl sites for hydroxylation is 2. The number of benzene rings is 2. The highest BCUT2D eigenvalue weighted by Crippen LogP contribution is 2.26. The molecule has 1 saturated carbocycles. The van der Waals surface area contributed by atoms with Crippen molar-refractivity contribution in [1.29, 1.82) is 0 Å². The fraction of sp³-hybridized carbons (Fsp3) is 0.357. The Hall–Kier alpha value is -2.75. The van der Waals surface area contributed by atoms with Gasteiger partial charge in [0.25, 0.3) is 5.56 Å². The Labute approximate surface area is 204 Å². The highest BCUT2D eigenvalue weighted by molar-refractivity contribution is 7.32. The summed E-state index contributed by atoms with van der Waals surface area (Å²) >= 11 is 0. The SMILES string of the molecule is COPCCc1ccc(-c2ncc(NCCCc3ccccc3)c(=O)n2CC=C2CCC2)cc1. The van der Waals surface area contributed by atoms with Crippen LogP contribution in [0.1, 0.15) is 36.8 Å². The third-order valence-electron chi connectivity index (χ3n) is 6.28. The summed E-state index contributed by atoms with van der Waals surface area (Å²) in [6.45, 7) is 1.30. The van der Waals surface area contributed by atoms with Crippen LogP contribution in [0, 0.1) is 0 Å². The smallest absolute Gasteiger partial charge is 0.277 e. The maximum Gasteiger partial charge on any atom is 0.277 e. The molecule has 34 heavy (non-hydrogen) atoms. The Morgan fingerprint density at radius 3 is 2.53 bits per heavy atom. The van der Waals surface area contributed by atoms with Gasteiger partial charge in [0.2, 0.25) is 0 Å². The van der Waals surface area contributed by atoms with E-state index in [9.17, 15) is 4.79 Å². The van der Waals surface area contributed by atoms with Crippen molar-refractivity contribution < 1.29 is 4.52 Å². The average Bonchev–Trinajstić information content (AvgIpc) is 2.84. The van der Waals surface area contributed by atoms with Gasteiger partial charge in [-0.15, -0.1) is 0 Å². The second-order valence-corrected chi connectivity index (χ2v) is 9.89. The molecule has 3 aromatic rings. The van der Waals surface area contributed by atoms with Gasteiger partial charge in [0, 0.05) is 34.6 Å². The van der Waals surface area contributed by atoms with Crippen LogP contribution in [0.4, 0.5) is 5.69 Å². The van der Waals surface area contributed by atoms with Crippen molar-refractivity contribution in [2.75, 3.05) is 25.1 Å². The lowest BCUT2D eigenvalue weighted by Crippen LogP contribution is -2.26. The molecule has 1 aromatic heterocycles. The Balaban J connectivity index is 1.49. The molecule has 0 spiro atoms. The topological polar surface area (TPSA) is 56.1 Å².